The second-order valence-corrected chi connectivity index (χ2v) is 6.81. The molecule has 2 aromatic rings. The molecule has 0 radical (unpaired) electrons. The number of nitrogens with one attached hydrogen (secondary N) is 2. The first-order valence-corrected chi connectivity index (χ1v) is 9.09. The maximum Gasteiger partial charge on any atom is 0.124 e. The van der Waals surface area contributed by atoms with Crippen LogP contribution in [0.15, 0.2) is 46.9 Å². The molecular formula is C19H24BrFN2O2. The minimum atomic E-state index is -0.337. The zero-order valence-electron chi connectivity index (χ0n) is 14.3. The van der Waals surface area contributed by atoms with E-state index in [1.165, 1.54) is 12.1 Å². The fourth-order valence-corrected chi connectivity index (χ4v) is 2.69. The highest BCUT2D eigenvalue weighted by atomic mass is 79.9. The Hall–Kier alpha value is -1.47. The summed E-state index contributed by atoms with van der Waals surface area (Å²) in [5.74, 6) is 0.554. The molecular weight excluding hydrogens is 387 g/mol. The van der Waals surface area contributed by atoms with Crippen molar-refractivity contribution in [3.63, 3.8) is 0 Å². The minimum absolute atomic E-state index is 0.249. The van der Waals surface area contributed by atoms with Crippen LogP contribution in [0.2, 0.25) is 0 Å². The van der Waals surface area contributed by atoms with Crippen LogP contribution < -0.4 is 15.4 Å². The summed E-state index contributed by atoms with van der Waals surface area (Å²) in [6, 6.07) is 12.2. The average Bonchev–Trinajstić information content (AvgIpc) is 2.58. The molecule has 0 saturated heterocycles. The molecule has 0 unspecified atom stereocenters. The number of halogens is 2. The maximum absolute atomic E-state index is 13.0. The van der Waals surface area contributed by atoms with Gasteiger partial charge in [0.25, 0.3) is 0 Å². The van der Waals surface area contributed by atoms with Crippen molar-refractivity contribution in [2.45, 2.75) is 26.2 Å². The summed E-state index contributed by atoms with van der Waals surface area (Å²) in [6.07, 6.45) is -0.337. The lowest BCUT2D eigenvalue weighted by Crippen LogP contribution is -2.31. The fourth-order valence-electron chi connectivity index (χ4n) is 2.28. The van der Waals surface area contributed by atoms with Gasteiger partial charge in [0, 0.05) is 36.2 Å². The molecule has 136 valence electrons. The third-order valence-corrected chi connectivity index (χ3v) is 4.06. The van der Waals surface area contributed by atoms with Gasteiger partial charge in [0.15, 0.2) is 0 Å². The van der Waals surface area contributed by atoms with Crippen molar-refractivity contribution < 1.29 is 14.2 Å². The minimum Gasteiger partial charge on any atom is -0.489 e. The van der Waals surface area contributed by atoms with Crippen LogP contribution in [0.4, 0.5) is 4.39 Å². The molecule has 25 heavy (non-hydrogen) atoms. The van der Waals surface area contributed by atoms with E-state index in [9.17, 15) is 9.50 Å². The Balaban J connectivity index is 1.85. The number of ether oxygens (including phenoxy) is 1. The van der Waals surface area contributed by atoms with Gasteiger partial charge in [-0.3, -0.25) is 0 Å². The van der Waals surface area contributed by atoms with Gasteiger partial charge >= 0.3 is 0 Å². The maximum atomic E-state index is 13.0. The summed E-state index contributed by atoms with van der Waals surface area (Å²) in [6.45, 7) is 4.98. The molecule has 0 aliphatic rings. The third-order valence-electron chi connectivity index (χ3n) is 3.56. The number of hydrogen-bond donors (Lipinski definition) is 3. The fraction of sp³-hybridized carbons (Fsp3) is 0.368. The van der Waals surface area contributed by atoms with Crippen LogP contribution in [0.3, 0.4) is 0 Å². The smallest absolute Gasteiger partial charge is 0.124 e. The Kier molecular flexibility index (Phi) is 8.34. The molecule has 4 nitrogen and oxygen atoms in total. The van der Waals surface area contributed by atoms with E-state index in [0.717, 1.165) is 34.4 Å². The Morgan fingerprint density at radius 3 is 2.56 bits per heavy atom. The normalized spacial score (nSPS) is 12.2. The van der Waals surface area contributed by atoms with Gasteiger partial charge < -0.3 is 20.5 Å². The van der Waals surface area contributed by atoms with Crippen molar-refractivity contribution in [2.75, 3.05) is 19.6 Å². The topological polar surface area (TPSA) is 53.5 Å². The summed E-state index contributed by atoms with van der Waals surface area (Å²) in [7, 11) is 0. The first-order chi connectivity index (χ1) is 12.0. The molecule has 0 aromatic heterocycles. The van der Waals surface area contributed by atoms with Crippen LogP contribution in [0.1, 0.15) is 18.1 Å². The van der Waals surface area contributed by atoms with E-state index in [0.29, 0.717) is 19.7 Å². The van der Waals surface area contributed by atoms with Crippen molar-refractivity contribution in [1.82, 2.24) is 10.6 Å². The van der Waals surface area contributed by atoms with E-state index < -0.39 is 0 Å². The number of aliphatic hydroxyl groups is 1. The van der Waals surface area contributed by atoms with Gasteiger partial charge in [0.05, 0.1) is 6.10 Å². The van der Waals surface area contributed by atoms with Crippen molar-refractivity contribution in [1.29, 1.82) is 0 Å². The monoisotopic (exact) mass is 410 g/mol. The van der Waals surface area contributed by atoms with Crippen LogP contribution in [0.25, 0.3) is 0 Å². The van der Waals surface area contributed by atoms with Crippen LogP contribution >= 0.6 is 15.9 Å². The highest BCUT2D eigenvalue weighted by molar-refractivity contribution is 9.10. The molecule has 3 N–H and O–H groups in total. The second-order valence-electron chi connectivity index (χ2n) is 5.90. The zero-order chi connectivity index (χ0) is 18.1. The van der Waals surface area contributed by atoms with E-state index in [4.69, 9.17) is 4.74 Å². The van der Waals surface area contributed by atoms with Gasteiger partial charge in [-0.2, -0.15) is 0 Å². The molecule has 0 aliphatic heterocycles. The van der Waals surface area contributed by atoms with Gasteiger partial charge in [-0.05, 0) is 42.8 Å². The highest BCUT2D eigenvalue weighted by Crippen LogP contribution is 2.24. The van der Waals surface area contributed by atoms with Gasteiger partial charge in [0.1, 0.15) is 18.2 Å². The number of hydrogen-bond acceptors (Lipinski definition) is 4. The van der Waals surface area contributed by atoms with E-state index in [2.05, 4.69) is 26.6 Å². The lowest BCUT2D eigenvalue weighted by Gasteiger charge is -2.13. The molecule has 0 heterocycles. The summed E-state index contributed by atoms with van der Waals surface area (Å²) >= 11 is 3.48. The largest absolute Gasteiger partial charge is 0.489 e. The van der Waals surface area contributed by atoms with E-state index in [1.807, 2.05) is 18.2 Å². The molecule has 1 atom stereocenters. The first kappa shape index (κ1) is 19.8. The SMILES string of the molecule is C[C@H](O)CNCCNCc1cc(Br)ccc1OCc1ccc(F)cc1. The number of aliphatic hydroxyl groups excluding tert-OH is 1. The van der Waals surface area contributed by atoms with E-state index in [1.54, 1.807) is 19.1 Å². The molecule has 2 rings (SSSR count). The molecule has 0 aliphatic carbocycles. The van der Waals surface area contributed by atoms with Gasteiger partial charge in [-0.25, -0.2) is 4.39 Å². The van der Waals surface area contributed by atoms with Crippen molar-refractivity contribution >= 4 is 15.9 Å². The lowest BCUT2D eigenvalue weighted by molar-refractivity contribution is 0.191. The number of rotatable bonds is 10. The predicted molar refractivity (Wildman–Crippen MR) is 101 cm³/mol. The Morgan fingerprint density at radius 1 is 1.12 bits per heavy atom. The van der Waals surface area contributed by atoms with Crippen LogP contribution in [0, 0.1) is 5.82 Å². The van der Waals surface area contributed by atoms with Crippen LogP contribution in [0.5, 0.6) is 5.75 Å². The van der Waals surface area contributed by atoms with Crippen LogP contribution in [-0.4, -0.2) is 30.8 Å². The standard InChI is InChI=1S/C19H24BrFN2O2/c1-14(24)11-22-8-9-23-12-16-10-17(20)4-7-19(16)25-13-15-2-5-18(21)6-3-15/h2-7,10,14,22-24H,8-9,11-13H2,1H3/t14-/m0/s1. The van der Waals surface area contributed by atoms with Crippen molar-refractivity contribution in [3.8, 4) is 5.75 Å². The van der Waals surface area contributed by atoms with Crippen molar-refractivity contribution in [2.24, 2.45) is 0 Å². The quantitative estimate of drug-likeness (QED) is 0.526. The molecule has 0 spiro atoms. The number of benzene rings is 2. The molecule has 2 aromatic carbocycles. The Labute approximate surface area is 156 Å². The molecule has 0 saturated carbocycles. The second kappa shape index (κ2) is 10.5. The average molecular weight is 411 g/mol. The van der Waals surface area contributed by atoms with E-state index >= 15 is 0 Å². The predicted octanol–water partition coefficient (Wildman–Crippen LogP) is 3.23. The van der Waals surface area contributed by atoms with E-state index in [-0.39, 0.29) is 11.9 Å². The first-order valence-electron chi connectivity index (χ1n) is 8.30. The molecule has 0 bridgehead atoms. The van der Waals surface area contributed by atoms with Crippen LogP contribution in [-0.2, 0) is 13.2 Å². The summed E-state index contributed by atoms with van der Waals surface area (Å²) in [4.78, 5) is 0. The molecule has 0 fully saturated rings. The molecule has 6 heteroatoms. The Morgan fingerprint density at radius 2 is 1.84 bits per heavy atom. The van der Waals surface area contributed by atoms with Gasteiger partial charge in [0.2, 0.25) is 0 Å². The zero-order valence-corrected chi connectivity index (χ0v) is 15.9. The summed E-state index contributed by atoms with van der Waals surface area (Å²) in [5, 5.41) is 15.7. The highest BCUT2D eigenvalue weighted by Gasteiger charge is 2.06. The summed E-state index contributed by atoms with van der Waals surface area (Å²) in [5.41, 5.74) is 1.97. The lowest BCUT2D eigenvalue weighted by atomic mass is 10.2. The third kappa shape index (κ3) is 7.52. The van der Waals surface area contributed by atoms with Gasteiger partial charge in [-0.1, -0.05) is 28.1 Å². The summed E-state index contributed by atoms with van der Waals surface area (Å²) < 4.78 is 19.8. The van der Waals surface area contributed by atoms with Crippen molar-refractivity contribution in [3.05, 3.63) is 63.9 Å². The molecule has 0 amide bonds. The Bertz CT molecular complexity index is 650. The van der Waals surface area contributed by atoms with Gasteiger partial charge in [-0.15, -0.1) is 0 Å².